The van der Waals surface area contributed by atoms with Crippen LogP contribution in [0.15, 0.2) is 121 Å². The van der Waals surface area contributed by atoms with Crippen molar-refractivity contribution in [3.8, 4) is 17.3 Å². The Morgan fingerprint density at radius 2 is 1.29 bits per heavy atom. The number of para-hydroxylation sites is 3. The second kappa shape index (κ2) is 13.9. The number of aromatic nitrogens is 2. The molecule has 3 heterocycles. The Labute approximate surface area is 322 Å². The molecule has 0 saturated carbocycles. The molecule has 1 aliphatic rings. The van der Waals surface area contributed by atoms with E-state index in [9.17, 15) is 0 Å². The molecule has 0 amide bonds. The van der Waals surface area contributed by atoms with Gasteiger partial charge in [0.25, 0.3) is 0 Å². The van der Waals surface area contributed by atoms with Gasteiger partial charge in [-0.3, -0.25) is 0 Å². The fourth-order valence-electron chi connectivity index (χ4n) is 6.57. The molecule has 262 valence electrons. The van der Waals surface area contributed by atoms with Gasteiger partial charge in [0, 0.05) is 61.3 Å². The van der Waals surface area contributed by atoms with Gasteiger partial charge >= 0.3 is 0 Å². The zero-order valence-electron chi connectivity index (χ0n) is 29.5. The third-order valence-corrected chi connectivity index (χ3v) is 9.25. The van der Waals surface area contributed by atoms with Gasteiger partial charge in [-0.05, 0) is 69.8 Å². The van der Waals surface area contributed by atoms with Crippen LogP contribution in [-0.4, -0.2) is 9.55 Å². The van der Waals surface area contributed by atoms with Gasteiger partial charge in [0.05, 0.1) is 0 Å². The first kappa shape index (κ1) is 36.3. The summed E-state index contributed by atoms with van der Waals surface area (Å²) in [6.07, 6.45) is 1.90. The van der Waals surface area contributed by atoms with Crippen molar-refractivity contribution in [2.24, 2.45) is 0 Å². The number of nitrogens with zero attached hydrogens (tertiary/aromatic N) is 4. The number of pyridine rings is 1. The summed E-state index contributed by atoms with van der Waals surface area (Å²) >= 11 is 0. The van der Waals surface area contributed by atoms with E-state index in [1.165, 1.54) is 11.1 Å². The van der Waals surface area contributed by atoms with Crippen LogP contribution in [0.1, 0.15) is 52.7 Å². The van der Waals surface area contributed by atoms with E-state index in [1.54, 1.807) is 0 Å². The van der Waals surface area contributed by atoms with Crippen LogP contribution in [0.3, 0.4) is 0 Å². The number of benzene rings is 5. The van der Waals surface area contributed by atoms with Crippen molar-refractivity contribution in [1.29, 1.82) is 0 Å². The second-order valence-corrected chi connectivity index (χ2v) is 14.7. The molecule has 7 aromatic rings. The van der Waals surface area contributed by atoms with Crippen LogP contribution in [0.25, 0.3) is 27.6 Å². The molecule has 0 N–H and O–H groups in total. The first-order valence-electron chi connectivity index (χ1n) is 16.8. The fraction of sp³-hybridized carbons (Fsp3) is 0.182. The smallest absolute Gasteiger partial charge is 0.135 e. The van der Waals surface area contributed by atoms with Crippen molar-refractivity contribution in [2.75, 3.05) is 9.80 Å². The van der Waals surface area contributed by atoms with E-state index in [2.05, 4.69) is 172 Å². The summed E-state index contributed by atoms with van der Waals surface area (Å²) in [6.45, 7) is 15.5. The number of fused-ring (bicyclic) bond motifs is 4. The molecule has 7 heteroatoms. The molecule has 0 unspecified atom stereocenters. The second-order valence-electron chi connectivity index (χ2n) is 14.7. The molecule has 0 radical (unpaired) electrons. The zero-order chi connectivity index (χ0) is 33.9. The van der Waals surface area contributed by atoms with Crippen LogP contribution in [0.4, 0.5) is 22.7 Å². The number of anilines is 4. The van der Waals surface area contributed by atoms with E-state index in [0.717, 1.165) is 50.4 Å². The summed E-state index contributed by atoms with van der Waals surface area (Å²) in [5.41, 5.74) is 8.77. The van der Waals surface area contributed by atoms with Crippen molar-refractivity contribution in [3.63, 3.8) is 0 Å². The minimum Gasteiger partial charge on any atom is -2.00 e. The van der Waals surface area contributed by atoms with Gasteiger partial charge < -0.3 is 32.6 Å². The monoisotopic (exact) mass is 866 g/mol. The molecule has 51 heavy (non-hydrogen) atoms. The Bertz CT molecular complexity index is 2350. The molecular weight excluding hydrogens is 828 g/mol. The average Bonchev–Trinajstić information content (AvgIpc) is 3.64. The van der Waals surface area contributed by atoms with Crippen LogP contribution in [0.5, 0.6) is 11.5 Å². The third-order valence-electron chi connectivity index (χ3n) is 9.25. The minimum absolute atomic E-state index is 0. The summed E-state index contributed by atoms with van der Waals surface area (Å²) < 4.78 is 8.69. The molecule has 8 rings (SSSR count). The summed E-state index contributed by atoms with van der Waals surface area (Å²) in [6, 6.07) is 47.2. The maximum Gasteiger partial charge on any atom is 0.135 e. The molecule has 0 spiro atoms. The van der Waals surface area contributed by atoms with Crippen molar-refractivity contribution in [3.05, 3.63) is 151 Å². The van der Waals surface area contributed by atoms with E-state index in [4.69, 9.17) is 9.72 Å². The number of hydrogen-bond acceptors (Lipinski definition) is 4. The minimum atomic E-state index is -0.00390. The molecule has 5 nitrogen and oxygen atoms in total. The van der Waals surface area contributed by atoms with E-state index in [0.29, 0.717) is 11.5 Å². The molecular formula is C44H39N4OPtS-5. The maximum absolute atomic E-state index is 6.51. The van der Waals surface area contributed by atoms with Gasteiger partial charge in [-0.15, -0.1) is 48.1 Å². The van der Waals surface area contributed by atoms with Gasteiger partial charge in [-0.2, -0.15) is 12.1 Å². The van der Waals surface area contributed by atoms with Gasteiger partial charge in [0.15, 0.2) is 0 Å². The summed E-state index contributed by atoms with van der Waals surface area (Å²) in [4.78, 5) is 9.23. The van der Waals surface area contributed by atoms with Gasteiger partial charge in [0.2, 0.25) is 0 Å². The van der Waals surface area contributed by atoms with E-state index >= 15 is 0 Å². The Kier molecular flexibility index (Phi) is 9.89. The van der Waals surface area contributed by atoms with Crippen LogP contribution in [0, 0.1) is 18.8 Å². The molecule has 5 aromatic carbocycles. The van der Waals surface area contributed by atoms with Crippen molar-refractivity contribution in [2.45, 2.75) is 52.4 Å². The standard InChI is InChI=1S/C44H39N4O.Pt.S/c1-43(2,3)30-13-11-14-32(25-30)46-29-47(40-20-10-9-19-39(40)46)33-15-12-16-34(27-33)49-35-21-22-37-36-17-7-8-18-38(36)48(41(37)28-35)42-26-31(23-24-45-42)44(4,5)6;;/h7-26,29H,1-6H3;;/q-3;;-2. The predicted octanol–water partition coefficient (Wildman–Crippen LogP) is 11.6. The van der Waals surface area contributed by atoms with Crippen LogP contribution >= 0.6 is 0 Å². The van der Waals surface area contributed by atoms with E-state index in [1.807, 2.05) is 24.4 Å². The Hall–Kier alpha value is -4.51. The van der Waals surface area contributed by atoms with Crippen LogP contribution in [-0.2, 0) is 45.4 Å². The molecule has 0 aliphatic carbocycles. The summed E-state index contributed by atoms with van der Waals surface area (Å²) in [5, 5.41) is 2.25. The summed E-state index contributed by atoms with van der Waals surface area (Å²) in [5.74, 6) is 2.09. The average molecular weight is 867 g/mol. The Morgan fingerprint density at radius 1 is 0.627 bits per heavy atom. The maximum atomic E-state index is 6.51. The molecule has 0 fully saturated rings. The third kappa shape index (κ3) is 6.80. The number of hydrogen-bond donors (Lipinski definition) is 0. The van der Waals surface area contributed by atoms with Gasteiger partial charge in [-0.1, -0.05) is 89.5 Å². The molecule has 1 aliphatic heterocycles. The van der Waals surface area contributed by atoms with Crippen LogP contribution < -0.4 is 14.5 Å². The SMILES string of the molecule is CC(C)(C)c1cccc(N2[CH-]N(c3[c-]c(Oc4[c-]c5c(cc4)c4ccccc4n5-c4cc(C(C)(C)C)ccn4)ccc3)c3ccccc32)c1.[Pt].[S-2]. The van der Waals surface area contributed by atoms with E-state index in [-0.39, 0.29) is 45.4 Å². The largest absolute Gasteiger partial charge is 2.00 e. The molecule has 0 saturated heterocycles. The first-order valence-corrected chi connectivity index (χ1v) is 16.8. The van der Waals surface area contributed by atoms with Gasteiger partial charge in [0.1, 0.15) is 5.82 Å². The van der Waals surface area contributed by atoms with E-state index < -0.39 is 0 Å². The van der Waals surface area contributed by atoms with Crippen molar-refractivity contribution in [1.82, 2.24) is 9.55 Å². The fourth-order valence-corrected chi connectivity index (χ4v) is 6.57. The molecule has 2 aromatic heterocycles. The molecule has 0 bridgehead atoms. The Balaban J connectivity index is 0.00000224. The normalized spacial score (nSPS) is 12.8. The number of rotatable bonds is 5. The quantitative estimate of drug-likeness (QED) is 0.161. The Morgan fingerprint density at radius 3 is 2.06 bits per heavy atom. The first-order chi connectivity index (χ1) is 23.5. The summed E-state index contributed by atoms with van der Waals surface area (Å²) in [7, 11) is 0. The topological polar surface area (TPSA) is 33.5 Å². The predicted molar refractivity (Wildman–Crippen MR) is 209 cm³/mol. The van der Waals surface area contributed by atoms with Crippen LogP contribution in [0.2, 0.25) is 0 Å². The number of ether oxygens (including phenoxy) is 1. The van der Waals surface area contributed by atoms with Gasteiger partial charge in [-0.25, -0.2) is 4.98 Å². The van der Waals surface area contributed by atoms with Crippen molar-refractivity contribution >= 4 is 58.1 Å². The zero-order valence-corrected chi connectivity index (χ0v) is 32.6. The van der Waals surface area contributed by atoms with Crippen molar-refractivity contribution < 1.29 is 25.8 Å². The molecule has 0 atom stereocenters.